The molecule has 2 N–H and O–H groups in total. The molecule has 0 saturated heterocycles. The largest absolute Gasteiger partial charge is 0.326 e. The molecule has 4 nitrogen and oxygen atoms in total. The molecule has 2 aliphatic rings. The Morgan fingerprint density at radius 2 is 1.12 bits per heavy atom. The molecule has 0 unspecified atom stereocenters. The van der Waals surface area contributed by atoms with Gasteiger partial charge in [0.2, 0.25) is 11.8 Å². The molecule has 25 heavy (non-hydrogen) atoms. The summed E-state index contributed by atoms with van der Waals surface area (Å²) in [5, 5.41) is 6.11. The molecule has 0 aliphatic heterocycles. The van der Waals surface area contributed by atoms with E-state index >= 15 is 0 Å². The van der Waals surface area contributed by atoms with Crippen LogP contribution in [0.1, 0.15) is 69.8 Å². The van der Waals surface area contributed by atoms with Crippen molar-refractivity contribution in [2.24, 2.45) is 11.8 Å². The van der Waals surface area contributed by atoms with Gasteiger partial charge in [0.05, 0.1) is 0 Å². The highest BCUT2D eigenvalue weighted by atomic mass is 16.2. The Bertz CT molecular complexity index is 564. The molecule has 1 aromatic carbocycles. The van der Waals surface area contributed by atoms with Crippen LogP contribution in [0.5, 0.6) is 0 Å². The lowest BCUT2D eigenvalue weighted by Gasteiger charge is -2.22. The minimum atomic E-state index is 0.120. The van der Waals surface area contributed by atoms with Crippen LogP contribution in [-0.2, 0) is 9.59 Å². The van der Waals surface area contributed by atoms with Crippen molar-refractivity contribution in [3.63, 3.8) is 0 Å². The normalized spacial score (nSPS) is 19.4. The fraction of sp³-hybridized carbons (Fsp3) is 0.619. The molecule has 136 valence electrons. The van der Waals surface area contributed by atoms with Crippen LogP contribution in [0.2, 0.25) is 0 Å². The topological polar surface area (TPSA) is 58.2 Å². The molecule has 1 aromatic rings. The number of rotatable bonds is 4. The van der Waals surface area contributed by atoms with Gasteiger partial charge in [0.25, 0.3) is 0 Å². The van der Waals surface area contributed by atoms with Gasteiger partial charge in [0, 0.05) is 23.2 Å². The molecule has 2 saturated carbocycles. The fourth-order valence-corrected chi connectivity index (χ4v) is 4.15. The van der Waals surface area contributed by atoms with Crippen molar-refractivity contribution in [3.8, 4) is 0 Å². The molecule has 2 amide bonds. The van der Waals surface area contributed by atoms with E-state index in [1.54, 1.807) is 0 Å². The summed E-state index contributed by atoms with van der Waals surface area (Å²) in [7, 11) is 0. The zero-order valence-corrected chi connectivity index (χ0v) is 15.3. The van der Waals surface area contributed by atoms with E-state index in [0.29, 0.717) is 0 Å². The number of carbonyl (C=O) groups excluding carboxylic acids is 2. The highest BCUT2D eigenvalue weighted by molar-refractivity contribution is 5.96. The van der Waals surface area contributed by atoms with Gasteiger partial charge in [0.15, 0.2) is 0 Å². The molecule has 0 aromatic heterocycles. The Balaban J connectivity index is 1.63. The molecule has 0 bridgehead atoms. The van der Waals surface area contributed by atoms with Crippen molar-refractivity contribution in [1.29, 1.82) is 0 Å². The molecule has 2 aliphatic carbocycles. The molecule has 3 rings (SSSR count). The Morgan fingerprint density at radius 3 is 1.52 bits per heavy atom. The highest BCUT2D eigenvalue weighted by Gasteiger charge is 2.22. The minimum Gasteiger partial charge on any atom is -0.326 e. The van der Waals surface area contributed by atoms with Crippen LogP contribution in [-0.4, -0.2) is 11.8 Å². The zero-order chi connectivity index (χ0) is 17.6. The van der Waals surface area contributed by atoms with E-state index in [-0.39, 0.29) is 23.7 Å². The lowest BCUT2D eigenvalue weighted by Crippen LogP contribution is -2.26. The van der Waals surface area contributed by atoms with Gasteiger partial charge in [-0.15, -0.1) is 0 Å². The molecular formula is C21H30N2O2. The summed E-state index contributed by atoms with van der Waals surface area (Å²) >= 11 is 0. The van der Waals surface area contributed by atoms with Gasteiger partial charge in [0.1, 0.15) is 0 Å². The molecule has 0 spiro atoms. The first-order valence-corrected chi connectivity index (χ1v) is 9.85. The van der Waals surface area contributed by atoms with E-state index in [9.17, 15) is 9.59 Å². The summed E-state index contributed by atoms with van der Waals surface area (Å²) in [6.45, 7) is 1.99. The van der Waals surface area contributed by atoms with E-state index < -0.39 is 0 Å². The number of carbonyl (C=O) groups is 2. The zero-order valence-electron chi connectivity index (χ0n) is 15.3. The SMILES string of the molecule is Cc1cc(NC(=O)C2CCCCC2)cc(NC(=O)C2CCCCC2)c1. The van der Waals surface area contributed by atoms with Gasteiger partial charge in [-0.2, -0.15) is 0 Å². The standard InChI is InChI=1S/C21H30N2O2/c1-15-12-18(22-20(24)16-8-4-2-5-9-16)14-19(13-15)23-21(25)17-10-6-3-7-11-17/h12-14,16-17H,2-11H2,1H3,(H,22,24)(H,23,25). The van der Waals surface area contributed by atoms with E-state index in [1.165, 1.54) is 12.8 Å². The van der Waals surface area contributed by atoms with Crippen LogP contribution in [0.3, 0.4) is 0 Å². The van der Waals surface area contributed by atoms with Crippen molar-refractivity contribution in [3.05, 3.63) is 23.8 Å². The second-order valence-electron chi connectivity index (χ2n) is 7.74. The van der Waals surface area contributed by atoms with Crippen LogP contribution in [0.4, 0.5) is 11.4 Å². The maximum atomic E-state index is 12.5. The molecule has 2 fully saturated rings. The molecule has 0 radical (unpaired) electrons. The fourth-order valence-electron chi connectivity index (χ4n) is 4.15. The molecule has 4 heteroatoms. The maximum absolute atomic E-state index is 12.5. The van der Waals surface area contributed by atoms with E-state index in [2.05, 4.69) is 10.6 Å². The number of hydrogen-bond acceptors (Lipinski definition) is 2. The lowest BCUT2D eigenvalue weighted by molar-refractivity contribution is -0.121. The Morgan fingerprint density at radius 1 is 0.720 bits per heavy atom. The summed E-state index contributed by atoms with van der Waals surface area (Å²) in [4.78, 5) is 24.9. The van der Waals surface area contributed by atoms with Crippen molar-refractivity contribution in [2.75, 3.05) is 10.6 Å². The van der Waals surface area contributed by atoms with Crippen LogP contribution < -0.4 is 10.6 Å². The number of amides is 2. The maximum Gasteiger partial charge on any atom is 0.227 e. The monoisotopic (exact) mass is 342 g/mol. The van der Waals surface area contributed by atoms with Gasteiger partial charge in [-0.1, -0.05) is 38.5 Å². The van der Waals surface area contributed by atoms with E-state index in [1.807, 2.05) is 25.1 Å². The highest BCUT2D eigenvalue weighted by Crippen LogP contribution is 2.28. The Labute approximate surface area is 150 Å². The lowest BCUT2D eigenvalue weighted by atomic mass is 9.88. The number of hydrogen-bond donors (Lipinski definition) is 2. The van der Waals surface area contributed by atoms with Crippen LogP contribution in [0.15, 0.2) is 18.2 Å². The van der Waals surface area contributed by atoms with E-state index in [0.717, 1.165) is 68.3 Å². The Kier molecular flexibility index (Phi) is 6.11. The van der Waals surface area contributed by atoms with Crippen LogP contribution in [0.25, 0.3) is 0 Å². The van der Waals surface area contributed by atoms with Crippen molar-refractivity contribution in [2.45, 2.75) is 71.1 Å². The van der Waals surface area contributed by atoms with Gasteiger partial charge >= 0.3 is 0 Å². The van der Waals surface area contributed by atoms with Gasteiger partial charge in [-0.25, -0.2) is 0 Å². The number of benzene rings is 1. The smallest absolute Gasteiger partial charge is 0.227 e. The number of nitrogens with one attached hydrogen (secondary N) is 2. The van der Waals surface area contributed by atoms with Crippen molar-refractivity contribution < 1.29 is 9.59 Å². The third-order valence-electron chi connectivity index (χ3n) is 5.56. The summed E-state index contributed by atoms with van der Waals surface area (Å²) in [5.41, 5.74) is 2.62. The summed E-state index contributed by atoms with van der Waals surface area (Å²) in [6, 6.07) is 5.82. The third-order valence-corrected chi connectivity index (χ3v) is 5.56. The predicted octanol–water partition coefficient (Wildman–Crippen LogP) is 5.03. The second-order valence-corrected chi connectivity index (χ2v) is 7.74. The first kappa shape index (κ1) is 18.0. The van der Waals surface area contributed by atoms with Gasteiger partial charge in [-0.3, -0.25) is 9.59 Å². The summed E-state index contributed by atoms with van der Waals surface area (Å²) < 4.78 is 0. The Hall–Kier alpha value is -1.84. The van der Waals surface area contributed by atoms with Crippen molar-refractivity contribution >= 4 is 23.2 Å². The average molecular weight is 342 g/mol. The number of anilines is 2. The molecular weight excluding hydrogens is 312 g/mol. The first-order chi connectivity index (χ1) is 12.1. The average Bonchev–Trinajstić information content (AvgIpc) is 2.62. The summed E-state index contributed by atoms with van der Waals surface area (Å²) in [6.07, 6.45) is 11.0. The van der Waals surface area contributed by atoms with Gasteiger partial charge in [-0.05, 0) is 56.4 Å². The van der Waals surface area contributed by atoms with Crippen LogP contribution >= 0.6 is 0 Å². The number of aryl methyl sites for hydroxylation is 1. The molecule has 0 heterocycles. The van der Waals surface area contributed by atoms with Gasteiger partial charge < -0.3 is 10.6 Å². The predicted molar refractivity (Wildman–Crippen MR) is 102 cm³/mol. The van der Waals surface area contributed by atoms with Crippen LogP contribution in [0, 0.1) is 18.8 Å². The van der Waals surface area contributed by atoms with E-state index in [4.69, 9.17) is 0 Å². The first-order valence-electron chi connectivity index (χ1n) is 9.85. The quantitative estimate of drug-likeness (QED) is 0.806. The minimum absolute atomic E-state index is 0.120. The second kappa shape index (κ2) is 8.50. The third kappa shape index (κ3) is 5.07. The molecule has 0 atom stereocenters. The summed E-state index contributed by atoms with van der Waals surface area (Å²) in [5.74, 6) is 0.508. The van der Waals surface area contributed by atoms with Crippen molar-refractivity contribution in [1.82, 2.24) is 0 Å².